The number of hydrogen-bond donors (Lipinski definition) is 4. The number of fused-ring (bicyclic) bond motifs is 4. The van der Waals surface area contributed by atoms with Gasteiger partial charge in [0.25, 0.3) is 0 Å². The highest BCUT2D eigenvalue weighted by Crippen LogP contribution is 2.76. The summed E-state index contributed by atoms with van der Waals surface area (Å²) in [6.07, 6.45) is 7.19. The van der Waals surface area contributed by atoms with Gasteiger partial charge < -0.3 is 25.2 Å². The zero-order valence-electron chi connectivity index (χ0n) is 22.9. The minimum absolute atomic E-state index is 0.0127. The predicted molar refractivity (Wildman–Crippen MR) is 135 cm³/mol. The van der Waals surface area contributed by atoms with E-state index in [1.165, 1.54) is 0 Å². The van der Waals surface area contributed by atoms with Crippen molar-refractivity contribution in [2.24, 2.45) is 34.0 Å². The van der Waals surface area contributed by atoms with E-state index < -0.39 is 40.0 Å². The van der Waals surface area contributed by atoms with Gasteiger partial charge >= 0.3 is 0 Å². The molecule has 1 spiro atoms. The Balaban J connectivity index is 1.39. The van der Waals surface area contributed by atoms with Crippen molar-refractivity contribution in [3.05, 3.63) is 11.6 Å². The maximum absolute atomic E-state index is 13.6. The first-order valence-corrected chi connectivity index (χ1v) is 14.3. The van der Waals surface area contributed by atoms with Crippen molar-refractivity contribution >= 4 is 5.78 Å². The Morgan fingerprint density at radius 1 is 0.944 bits per heavy atom. The average Bonchev–Trinajstić information content (AvgIpc) is 3.57. The van der Waals surface area contributed by atoms with Gasteiger partial charge in [-0.15, -0.1) is 0 Å². The van der Waals surface area contributed by atoms with Gasteiger partial charge in [0, 0.05) is 16.7 Å². The van der Waals surface area contributed by atoms with Crippen LogP contribution in [0.1, 0.15) is 99.3 Å². The van der Waals surface area contributed by atoms with Gasteiger partial charge in [-0.1, -0.05) is 27.7 Å². The zero-order chi connectivity index (χ0) is 26.3. The number of ketones is 1. The van der Waals surface area contributed by atoms with Gasteiger partial charge in [0.1, 0.15) is 12.2 Å². The van der Waals surface area contributed by atoms with Crippen molar-refractivity contribution < 1.29 is 30.0 Å². The Morgan fingerprint density at radius 3 is 2.22 bits per heavy atom. The molecule has 7 aliphatic rings. The number of carbonyl (C=O) groups excluding carboxylic acids is 1. The first kappa shape index (κ1) is 25.5. The molecule has 6 aliphatic carbocycles. The molecule has 1 saturated heterocycles. The maximum Gasteiger partial charge on any atom is 0.159 e. The fourth-order valence-corrected chi connectivity index (χ4v) is 10.2. The molecule has 6 nitrogen and oxygen atoms in total. The molecule has 0 unspecified atom stereocenters. The molecular formula is C30H46O6. The fraction of sp³-hybridized carbons (Fsp3) is 0.900. The monoisotopic (exact) mass is 502 g/mol. The largest absolute Gasteiger partial charge is 0.390 e. The van der Waals surface area contributed by atoms with Crippen molar-refractivity contribution in [3.63, 3.8) is 0 Å². The Kier molecular flexibility index (Phi) is 4.98. The van der Waals surface area contributed by atoms with Gasteiger partial charge in [-0.2, -0.15) is 0 Å². The minimum atomic E-state index is -1.21. The lowest BCUT2D eigenvalue weighted by atomic mass is 9.40. The summed E-state index contributed by atoms with van der Waals surface area (Å²) in [5.41, 5.74) is -4.48. The molecule has 36 heavy (non-hydrogen) atoms. The second-order valence-electron chi connectivity index (χ2n) is 14.9. The lowest BCUT2D eigenvalue weighted by Crippen LogP contribution is -2.65. The van der Waals surface area contributed by atoms with Crippen LogP contribution in [0.2, 0.25) is 0 Å². The molecule has 6 heteroatoms. The third-order valence-electron chi connectivity index (χ3n) is 13.3. The summed E-state index contributed by atoms with van der Waals surface area (Å²) in [6.45, 7) is 11.9. The lowest BCUT2D eigenvalue weighted by molar-refractivity contribution is -0.170. The number of rotatable bonds is 4. The molecule has 11 atom stereocenters. The van der Waals surface area contributed by atoms with E-state index in [4.69, 9.17) is 4.74 Å². The van der Waals surface area contributed by atoms with E-state index in [0.717, 1.165) is 37.7 Å². The summed E-state index contributed by atoms with van der Waals surface area (Å²) in [5.74, 6) is -0.358. The van der Waals surface area contributed by atoms with Crippen molar-refractivity contribution in [2.45, 2.75) is 134 Å². The number of aliphatic hydroxyl groups is 4. The van der Waals surface area contributed by atoms with Crippen LogP contribution in [0.3, 0.4) is 0 Å². The molecule has 4 N–H and O–H groups in total. The Bertz CT molecular complexity index is 1030. The van der Waals surface area contributed by atoms with E-state index in [-0.39, 0.29) is 34.4 Å². The van der Waals surface area contributed by atoms with Gasteiger partial charge in [0.15, 0.2) is 5.78 Å². The van der Waals surface area contributed by atoms with Crippen LogP contribution >= 0.6 is 0 Å². The molecule has 0 radical (unpaired) electrons. The molecule has 4 bridgehead atoms. The molecule has 5 saturated carbocycles. The summed E-state index contributed by atoms with van der Waals surface area (Å²) in [4.78, 5) is 13.6. The van der Waals surface area contributed by atoms with Gasteiger partial charge in [-0.05, 0) is 101 Å². The third kappa shape index (κ3) is 2.79. The van der Waals surface area contributed by atoms with Crippen LogP contribution in [0.5, 0.6) is 0 Å². The molecule has 0 aromatic rings. The predicted octanol–water partition coefficient (Wildman–Crippen LogP) is 3.68. The molecule has 0 amide bonds. The summed E-state index contributed by atoms with van der Waals surface area (Å²) >= 11 is 0. The van der Waals surface area contributed by atoms with Gasteiger partial charge in [-0.25, -0.2) is 0 Å². The Hall–Kier alpha value is -0.790. The average molecular weight is 503 g/mol. The van der Waals surface area contributed by atoms with Crippen LogP contribution in [0, 0.1) is 34.0 Å². The summed E-state index contributed by atoms with van der Waals surface area (Å²) < 4.78 is 5.97. The standard InChI is InChI=1S/C30H46O6/c1-17(2)26(5,32)22-23(36-22)27(6,33)20-7-8-30(35)21-15-19(31)18-16-28(34)11-9-24(18,3)29(21,14-12-28)13-10-25(20,30)4/h15,17-18,20,22-23,32-35H,7-14,16H2,1-6H3/t18-,20-,22-,23-,24-,25+,26+,27+,28+,29+,30+/m0/s1. The topological polar surface area (TPSA) is 111 Å². The Morgan fingerprint density at radius 2 is 1.56 bits per heavy atom. The van der Waals surface area contributed by atoms with Crippen LogP contribution in [-0.2, 0) is 9.53 Å². The molecule has 7 rings (SSSR count). The van der Waals surface area contributed by atoms with Crippen molar-refractivity contribution in [1.29, 1.82) is 0 Å². The first-order chi connectivity index (χ1) is 16.5. The van der Waals surface area contributed by atoms with Crippen molar-refractivity contribution in [2.75, 3.05) is 0 Å². The van der Waals surface area contributed by atoms with Crippen molar-refractivity contribution in [3.8, 4) is 0 Å². The van der Waals surface area contributed by atoms with Crippen LogP contribution in [0.4, 0.5) is 0 Å². The summed E-state index contributed by atoms with van der Waals surface area (Å²) in [6, 6.07) is 0. The molecule has 202 valence electrons. The second kappa shape index (κ2) is 7.04. The SMILES string of the molecule is CC(C)[C@@](C)(O)[C@H]1O[C@@H]1[C@](C)(O)[C@H]1CC[C@@]2(O)C3=CC(=O)[C@@H]4C[C@]5(O)CC[C@@]3(CC[C@]12C)[C@@]4(C)CC5. The third-order valence-corrected chi connectivity index (χ3v) is 13.3. The van der Waals surface area contributed by atoms with E-state index in [1.807, 2.05) is 20.8 Å². The maximum atomic E-state index is 13.6. The fourth-order valence-electron chi connectivity index (χ4n) is 10.2. The van der Waals surface area contributed by atoms with Gasteiger partial charge in [0.2, 0.25) is 0 Å². The van der Waals surface area contributed by atoms with Crippen LogP contribution in [0.25, 0.3) is 0 Å². The summed E-state index contributed by atoms with van der Waals surface area (Å²) in [5, 5.41) is 47.0. The molecule has 0 aromatic carbocycles. The number of hydrogen-bond acceptors (Lipinski definition) is 6. The highest BCUT2D eigenvalue weighted by Gasteiger charge is 2.76. The molecule has 1 aliphatic heterocycles. The molecule has 6 fully saturated rings. The highest BCUT2D eigenvalue weighted by molar-refractivity contribution is 5.95. The number of allylic oxidation sites excluding steroid dienone is 1. The minimum Gasteiger partial charge on any atom is -0.390 e. The number of ether oxygens (including phenoxy) is 1. The number of epoxide rings is 1. The summed E-state index contributed by atoms with van der Waals surface area (Å²) in [7, 11) is 0. The first-order valence-electron chi connectivity index (χ1n) is 14.3. The van der Waals surface area contributed by atoms with Crippen LogP contribution in [0.15, 0.2) is 11.6 Å². The van der Waals surface area contributed by atoms with Gasteiger partial charge in [0.05, 0.1) is 22.4 Å². The highest BCUT2D eigenvalue weighted by atomic mass is 16.6. The van der Waals surface area contributed by atoms with E-state index in [1.54, 1.807) is 13.0 Å². The second-order valence-corrected chi connectivity index (χ2v) is 14.9. The van der Waals surface area contributed by atoms with Gasteiger partial charge in [-0.3, -0.25) is 4.79 Å². The Labute approximate surface area is 215 Å². The van der Waals surface area contributed by atoms with Crippen molar-refractivity contribution in [1.82, 2.24) is 0 Å². The number of carbonyl (C=O) groups is 1. The molecule has 0 aromatic heterocycles. The normalized spacial score (nSPS) is 54.8. The van der Waals surface area contributed by atoms with E-state index in [2.05, 4.69) is 13.8 Å². The van der Waals surface area contributed by atoms with E-state index in [9.17, 15) is 25.2 Å². The van der Waals surface area contributed by atoms with E-state index >= 15 is 0 Å². The van der Waals surface area contributed by atoms with Crippen LogP contribution < -0.4 is 0 Å². The molecule has 1 heterocycles. The van der Waals surface area contributed by atoms with E-state index in [0.29, 0.717) is 25.7 Å². The van der Waals surface area contributed by atoms with Crippen LogP contribution in [-0.4, -0.2) is 60.8 Å². The molecular weight excluding hydrogens is 456 g/mol. The zero-order valence-corrected chi connectivity index (χ0v) is 22.9. The quantitative estimate of drug-likeness (QED) is 0.437. The smallest absolute Gasteiger partial charge is 0.159 e. The lowest BCUT2D eigenvalue weighted by Gasteiger charge is -2.65.